The highest BCUT2D eigenvalue weighted by molar-refractivity contribution is 8.00. The Morgan fingerprint density at radius 1 is 1.02 bits per heavy atom. The van der Waals surface area contributed by atoms with Crippen LogP contribution in [0.5, 0.6) is 0 Å². The number of thioether (sulfide) groups is 1. The summed E-state index contributed by atoms with van der Waals surface area (Å²) in [6.45, 7) is 2.49. The van der Waals surface area contributed by atoms with E-state index in [4.69, 9.17) is 0 Å². The largest absolute Gasteiger partial charge is 0.337 e. The van der Waals surface area contributed by atoms with Gasteiger partial charge >= 0.3 is 0 Å². The lowest BCUT2D eigenvalue weighted by Gasteiger charge is -2.25. The second-order valence-electron chi connectivity index (χ2n) is 9.40. The molecule has 4 aromatic rings. The molecule has 2 heterocycles. The average Bonchev–Trinajstić information content (AvgIpc) is 3.32. The standard InChI is InChI=1S/C31H25FN4O3S2/c1-19(37)36-15-14-25-26(17-33)31(41-27(25)18-36)35-30(39)28(20-6-3-2-4-7-20)40-24-9-5-8-23(16-24)34-29(38)21-10-12-22(32)13-11-21/h2-13,16,28H,14-15,18H2,1H3,(H,34,38)(H,35,39). The first kappa shape index (κ1) is 28.1. The van der Waals surface area contributed by atoms with Crippen molar-refractivity contribution in [3.63, 3.8) is 0 Å². The fraction of sp³-hybridized carbons (Fsp3) is 0.161. The van der Waals surface area contributed by atoms with Crippen LogP contribution in [0, 0.1) is 17.1 Å². The number of thiophene rings is 1. The zero-order chi connectivity index (χ0) is 28.9. The quantitative estimate of drug-likeness (QED) is 0.245. The highest BCUT2D eigenvalue weighted by Gasteiger charge is 2.29. The molecule has 206 valence electrons. The number of rotatable bonds is 7. The van der Waals surface area contributed by atoms with Crippen LogP contribution >= 0.6 is 23.1 Å². The topological polar surface area (TPSA) is 102 Å². The molecule has 0 aliphatic carbocycles. The van der Waals surface area contributed by atoms with Crippen LogP contribution in [0.4, 0.5) is 15.1 Å². The number of amides is 3. The molecule has 41 heavy (non-hydrogen) atoms. The van der Waals surface area contributed by atoms with Gasteiger partial charge in [0, 0.05) is 34.5 Å². The van der Waals surface area contributed by atoms with Crippen LogP contribution in [-0.4, -0.2) is 29.2 Å². The monoisotopic (exact) mass is 584 g/mol. The smallest absolute Gasteiger partial charge is 0.255 e. The van der Waals surface area contributed by atoms with Gasteiger partial charge in [-0.25, -0.2) is 4.39 Å². The SMILES string of the molecule is CC(=O)N1CCc2c(sc(NC(=O)C(Sc3cccc(NC(=O)c4ccc(F)cc4)c3)c3ccccc3)c2C#N)C1. The summed E-state index contributed by atoms with van der Waals surface area (Å²) < 4.78 is 13.2. The Kier molecular flexibility index (Phi) is 8.47. The van der Waals surface area contributed by atoms with E-state index in [1.807, 2.05) is 36.4 Å². The fourth-order valence-electron chi connectivity index (χ4n) is 4.54. The van der Waals surface area contributed by atoms with E-state index in [9.17, 15) is 24.0 Å². The zero-order valence-electron chi connectivity index (χ0n) is 22.0. The number of benzene rings is 3. The maximum absolute atomic E-state index is 13.7. The number of hydrogen-bond acceptors (Lipinski definition) is 6. The molecule has 0 spiro atoms. The molecular formula is C31H25FN4O3S2. The molecule has 1 atom stereocenters. The highest BCUT2D eigenvalue weighted by Crippen LogP contribution is 2.40. The van der Waals surface area contributed by atoms with Crippen LogP contribution in [0.15, 0.2) is 83.8 Å². The van der Waals surface area contributed by atoms with Crippen LogP contribution in [-0.2, 0) is 22.6 Å². The predicted octanol–water partition coefficient (Wildman–Crippen LogP) is 6.39. The average molecular weight is 585 g/mol. The number of halogens is 1. The molecule has 3 amide bonds. The van der Waals surface area contributed by atoms with E-state index in [1.54, 1.807) is 23.1 Å². The first-order valence-corrected chi connectivity index (χ1v) is 14.5. The summed E-state index contributed by atoms with van der Waals surface area (Å²) in [5.74, 6) is -1.11. The zero-order valence-corrected chi connectivity index (χ0v) is 23.7. The van der Waals surface area contributed by atoms with E-state index in [-0.39, 0.29) is 17.7 Å². The minimum Gasteiger partial charge on any atom is -0.337 e. The maximum atomic E-state index is 13.7. The van der Waals surface area contributed by atoms with Crippen molar-refractivity contribution in [3.05, 3.63) is 112 Å². The van der Waals surface area contributed by atoms with Crippen molar-refractivity contribution in [3.8, 4) is 6.07 Å². The second kappa shape index (κ2) is 12.4. The summed E-state index contributed by atoms with van der Waals surface area (Å²) in [7, 11) is 0. The van der Waals surface area contributed by atoms with E-state index in [1.165, 1.54) is 54.3 Å². The summed E-state index contributed by atoms with van der Waals surface area (Å²) in [4.78, 5) is 41.7. The van der Waals surface area contributed by atoms with Crippen LogP contribution in [0.2, 0.25) is 0 Å². The molecule has 0 saturated carbocycles. The van der Waals surface area contributed by atoms with Gasteiger partial charge < -0.3 is 15.5 Å². The Labute approximate surface area is 245 Å². The molecule has 0 fully saturated rings. The Balaban J connectivity index is 1.37. The number of nitrogens with zero attached hydrogens (tertiary/aromatic N) is 2. The van der Waals surface area contributed by atoms with Gasteiger partial charge in [-0.3, -0.25) is 14.4 Å². The molecule has 0 radical (unpaired) electrons. The van der Waals surface area contributed by atoms with Crippen molar-refractivity contribution in [2.24, 2.45) is 0 Å². The highest BCUT2D eigenvalue weighted by atomic mass is 32.2. The molecule has 1 aromatic heterocycles. The normalized spacial score (nSPS) is 13.0. The molecule has 1 aliphatic heterocycles. The molecule has 2 N–H and O–H groups in total. The summed E-state index contributed by atoms with van der Waals surface area (Å²) in [5, 5.41) is 15.5. The number of hydrogen-bond donors (Lipinski definition) is 2. The van der Waals surface area contributed by atoms with Crippen molar-refractivity contribution in [1.82, 2.24) is 4.90 Å². The van der Waals surface area contributed by atoms with Crippen molar-refractivity contribution in [2.45, 2.75) is 30.0 Å². The molecule has 0 bridgehead atoms. The number of nitrogens with one attached hydrogen (secondary N) is 2. The Hall–Kier alpha value is -4.46. The van der Waals surface area contributed by atoms with Gasteiger partial charge in [-0.1, -0.05) is 36.4 Å². The third-order valence-electron chi connectivity index (χ3n) is 6.64. The van der Waals surface area contributed by atoms with Gasteiger partial charge in [0.05, 0.1) is 12.1 Å². The number of nitriles is 1. The molecule has 1 aliphatic rings. The minimum atomic E-state index is -0.654. The summed E-state index contributed by atoms with van der Waals surface area (Å²) in [5.41, 5.74) is 2.97. The van der Waals surface area contributed by atoms with Crippen molar-refractivity contribution >= 4 is 51.5 Å². The molecule has 5 rings (SSSR count). The minimum absolute atomic E-state index is 0.0234. The molecule has 0 saturated heterocycles. The Morgan fingerprint density at radius 3 is 2.49 bits per heavy atom. The van der Waals surface area contributed by atoms with Gasteiger partial charge in [0.2, 0.25) is 11.8 Å². The van der Waals surface area contributed by atoms with E-state index in [2.05, 4.69) is 16.7 Å². The number of fused-ring (bicyclic) bond motifs is 1. The van der Waals surface area contributed by atoms with Crippen molar-refractivity contribution in [2.75, 3.05) is 17.2 Å². The number of carbonyl (C=O) groups excluding carboxylic acids is 3. The Bertz CT molecular complexity index is 1650. The lowest BCUT2D eigenvalue weighted by molar-refractivity contribution is -0.129. The van der Waals surface area contributed by atoms with E-state index in [0.29, 0.717) is 41.3 Å². The van der Waals surface area contributed by atoms with E-state index in [0.717, 1.165) is 20.9 Å². The summed E-state index contributed by atoms with van der Waals surface area (Å²) in [6, 6.07) is 24.0. The third kappa shape index (κ3) is 6.48. The van der Waals surface area contributed by atoms with E-state index < -0.39 is 11.1 Å². The lowest BCUT2D eigenvalue weighted by atomic mass is 10.0. The van der Waals surface area contributed by atoms with Crippen molar-refractivity contribution < 1.29 is 18.8 Å². The van der Waals surface area contributed by atoms with Gasteiger partial charge in [0.15, 0.2) is 0 Å². The van der Waals surface area contributed by atoms with Gasteiger partial charge in [0.1, 0.15) is 22.1 Å². The van der Waals surface area contributed by atoms with Gasteiger partial charge in [0.25, 0.3) is 5.91 Å². The number of anilines is 2. The third-order valence-corrected chi connectivity index (χ3v) is 9.02. The van der Waals surface area contributed by atoms with Crippen LogP contribution in [0.3, 0.4) is 0 Å². The second-order valence-corrected chi connectivity index (χ2v) is 11.7. The first-order valence-electron chi connectivity index (χ1n) is 12.8. The first-order chi connectivity index (χ1) is 19.8. The van der Waals surface area contributed by atoms with E-state index >= 15 is 0 Å². The van der Waals surface area contributed by atoms with Crippen LogP contribution in [0.1, 0.15) is 44.1 Å². The number of carbonyl (C=O) groups is 3. The van der Waals surface area contributed by atoms with Crippen LogP contribution < -0.4 is 10.6 Å². The van der Waals surface area contributed by atoms with Gasteiger partial charge in [-0.2, -0.15) is 5.26 Å². The van der Waals surface area contributed by atoms with Gasteiger partial charge in [-0.05, 0) is 60.0 Å². The summed E-state index contributed by atoms with van der Waals surface area (Å²) in [6.07, 6.45) is 0.567. The molecular weight excluding hydrogens is 559 g/mol. The van der Waals surface area contributed by atoms with Crippen LogP contribution in [0.25, 0.3) is 0 Å². The predicted molar refractivity (Wildman–Crippen MR) is 158 cm³/mol. The Morgan fingerprint density at radius 2 is 1.78 bits per heavy atom. The lowest BCUT2D eigenvalue weighted by Crippen LogP contribution is -2.33. The molecule has 3 aromatic carbocycles. The molecule has 7 nitrogen and oxygen atoms in total. The maximum Gasteiger partial charge on any atom is 0.255 e. The summed E-state index contributed by atoms with van der Waals surface area (Å²) >= 11 is 2.65. The fourth-order valence-corrected chi connectivity index (χ4v) is 6.84. The molecule has 1 unspecified atom stereocenters. The van der Waals surface area contributed by atoms with Crippen molar-refractivity contribution in [1.29, 1.82) is 5.26 Å². The molecule has 10 heteroatoms. The van der Waals surface area contributed by atoms with Gasteiger partial charge in [-0.15, -0.1) is 23.1 Å².